The number of hydrogen-bond donors (Lipinski definition) is 1. The smallest absolute Gasteiger partial charge is 0.222 e. The monoisotopic (exact) mass is 440 g/mol. The minimum atomic E-state index is 0.267. The summed E-state index contributed by atoms with van der Waals surface area (Å²) < 4.78 is 5.97. The molecule has 0 aliphatic carbocycles. The summed E-state index contributed by atoms with van der Waals surface area (Å²) in [4.78, 5) is 13.6. The van der Waals surface area contributed by atoms with Crippen molar-refractivity contribution in [3.63, 3.8) is 0 Å². The van der Waals surface area contributed by atoms with Crippen molar-refractivity contribution in [2.75, 3.05) is 19.6 Å². The van der Waals surface area contributed by atoms with Gasteiger partial charge in [0.25, 0.3) is 0 Å². The van der Waals surface area contributed by atoms with Gasteiger partial charge in [-0.2, -0.15) is 0 Å². The molecule has 0 bridgehead atoms. The van der Waals surface area contributed by atoms with Crippen LogP contribution in [0.3, 0.4) is 0 Å². The van der Waals surface area contributed by atoms with Crippen LogP contribution in [-0.2, 0) is 17.9 Å². The molecule has 0 aromatic heterocycles. The van der Waals surface area contributed by atoms with Crippen LogP contribution < -0.4 is 10.1 Å². The zero-order valence-corrected chi connectivity index (χ0v) is 17.8. The van der Waals surface area contributed by atoms with Gasteiger partial charge in [0, 0.05) is 52.2 Å². The lowest BCUT2D eigenvalue weighted by molar-refractivity contribution is -0.127. The second kappa shape index (κ2) is 10.4. The number of nitrogens with one attached hydrogen (secondary N) is 1. The third kappa shape index (κ3) is 5.77. The number of rotatable bonds is 9. The second-order valence-electron chi connectivity index (χ2n) is 6.76. The highest BCUT2D eigenvalue weighted by molar-refractivity contribution is 6.36. The average Bonchev–Trinajstić information content (AvgIpc) is 3.07. The van der Waals surface area contributed by atoms with Crippen molar-refractivity contribution in [1.29, 1.82) is 0 Å². The highest BCUT2D eigenvalue weighted by atomic mass is 35.5. The van der Waals surface area contributed by atoms with Gasteiger partial charge in [-0.1, -0.05) is 40.9 Å². The Morgan fingerprint density at radius 2 is 1.89 bits per heavy atom. The van der Waals surface area contributed by atoms with Gasteiger partial charge in [-0.3, -0.25) is 4.79 Å². The lowest BCUT2D eigenvalue weighted by atomic mass is 10.2. The molecule has 1 fully saturated rings. The molecule has 150 valence electrons. The van der Waals surface area contributed by atoms with Crippen molar-refractivity contribution >= 4 is 40.7 Å². The maximum atomic E-state index is 11.6. The predicted octanol–water partition coefficient (Wildman–Crippen LogP) is 5.33. The Bertz CT molecular complexity index is 809. The summed E-state index contributed by atoms with van der Waals surface area (Å²) in [7, 11) is 0. The number of carbonyl (C=O) groups excluding carboxylic acids is 1. The van der Waals surface area contributed by atoms with Crippen LogP contribution in [0.5, 0.6) is 5.75 Å². The topological polar surface area (TPSA) is 41.6 Å². The molecule has 2 aromatic rings. The van der Waals surface area contributed by atoms with E-state index in [1.807, 2.05) is 23.1 Å². The van der Waals surface area contributed by atoms with Crippen molar-refractivity contribution in [3.05, 3.63) is 62.6 Å². The number of hydrogen-bond acceptors (Lipinski definition) is 3. The number of benzene rings is 2. The number of amides is 1. The predicted molar refractivity (Wildman–Crippen MR) is 114 cm³/mol. The summed E-state index contributed by atoms with van der Waals surface area (Å²) in [6.45, 7) is 3.40. The Morgan fingerprint density at radius 1 is 1.11 bits per heavy atom. The van der Waals surface area contributed by atoms with Gasteiger partial charge in [0.15, 0.2) is 0 Å². The van der Waals surface area contributed by atoms with E-state index in [1.54, 1.807) is 18.2 Å². The molecule has 1 amide bonds. The van der Waals surface area contributed by atoms with Gasteiger partial charge in [0.2, 0.25) is 5.91 Å². The number of halogens is 3. The van der Waals surface area contributed by atoms with Gasteiger partial charge in [0.1, 0.15) is 12.4 Å². The van der Waals surface area contributed by atoms with Gasteiger partial charge < -0.3 is 15.0 Å². The Labute approximate surface area is 180 Å². The van der Waals surface area contributed by atoms with Gasteiger partial charge >= 0.3 is 0 Å². The van der Waals surface area contributed by atoms with E-state index in [0.29, 0.717) is 28.0 Å². The van der Waals surface area contributed by atoms with Crippen LogP contribution in [0.1, 0.15) is 30.4 Å². The minimum absolute atomic E-state index is 0.267. The van der Waals surface area contributed by atoms with Gasteiger partial charge in [-0.05, 0) is 49.7 Å². The molecule has 3 rings (SSSR count). The zero-order chi connectivity index (χ0) is 19.9. The molecule has 0 radical (unpaired) electrons. The van der Waals surface area contributed by atoms with E-state index in [9.17, 15) is 4.79 Å². The second-order valence-corrected chi connectivity index (χ2v) is 8.01. The molecule has 0 unspecified atom stereocenters. The first kappa shape index (κ1) is 21.3. The number of carbonyl (C=O) groups is 1. The molecule has 1 aliphatic rings. The van der Waals surface area contributed by atoms with Crippen LogP contribution in [0.4, 0.5) is 0 Å². The van der Waals surface area contributed by atoms with E-state index in [4.69, 9.17) is 39.5 Å². The van der Waals surface area contributed by atoms with Crippen LogP contribution in [0.15, 0.2) is 36.4 Å². The first-order valence-corrected chi connectivity index (χ1v) is 10.5. The van der Waals surface area contributed by atoms with E-state index in [0.717, 1.165) is 49.4 Å². The standard InChI is InChI=1S/C21H23Cl3N2O2/c22-16-7-8-20(28-14-17-18(23)4-1-5-19(17)24)15(12-16)13-25-9-3-11-26-10-2-6-21(26)27/h1,4-5,7-8,12,25H,2-3,6,9-11,13-14H2. The van der Waals surface area contributed by atoms with Crippen molar-refractivity contribution in [2.45, 2.75) is 32.4 Å². The van der Waals surface area contributed by atoms with E-state index >= 15 is 0 Å². The van der Waals surface area contributed by atoms with E-state index in [-0.39, 0.29) is 12.5 Å². The van der Waals surface area contributed by atoms with Gasteiger partial charge in [-0.15, -0.1) is 0 Å². The number of ether oxygens (including phenoxy) is 1. The molecular weight excluding hydrogens is 419 g/mol. The Morgan fingerprint density at radius 3 is 2.61 bits per heavy atom. The molecule has 4 nitrogen and oxygen atoms in total. The molecule has 0 saturated carbocycles. The molecular formula is C21H23Cl3N2O2. The Balaban J connectivity index is 1.53. The highest BCUT2D eigenvalue weighted by Gasteiger charge is 2.18. The van der Waals surface area contributed by atoms with Crippen LogP contribution in [-0.4, -0.2) is 30.4 Å². The minimum Gasteiger partial charge on any atom is -0.488 e. The zero-order valence-electron chi connectivity index (χ0n) is 15.5. The van der Waals surface area contributed by atoms with Crippen LogP contribution in [0, 0.1) is 0 Å². The molecule has 1 N–H and O–H groups in total. The van der Waals surface area contributed by atoms with Crippen molar-refractivity contribution in [2.24, 2.45) is 0 Å². The largest absolute Gasteiger partial charge is 0.488 e. The van der Waals surface area contributed by atoms with E-state index in [1.165, 1.54) is 0 Å². The first-order chi connectivity index (χ1) is 13.5. The number of nitrogens with zero attached hydrogens (tertiary/aromatic N) is 1. The molecule has 28 heavy (non-hydrogen) atoms. The van der Waals surface area contributed by atoms with E-state index < -0.39 is 0 Å². The summed E-state index contributed by atoms with van der Waals surface area (Å²) in [5.74, 6) is 1.01. The SMILES string of the molecule is O=C1CCCN1CCCNCc1cc(Cl)ccc1OCc1c(Cl)cccc1Cl. The molecule has 1 heterocycles. The third-order valence-electron chi connectivity index (χ3n) is 4.72. The molecule has 2 aromatic carbocycles. The normalized spacial score (nSPS) is 14.0. The third-order valence-corrected chi connectivity index (χ3v) is 5.67. The molecule has 1 saturated heterocycles. The quantitative estimate of drug-likeness (QED) is 0.535. The van der Waals surface area contributed by atoms with Gasteiger partial charge in [0.05, 0.1) is 0 Å². The van der Waals surface area contributed by atoms with E-state index in [2.05, 4.69) is 5.32 Å². The molecule has 7 heteroatoms. The summed E-state index contributed by atoms with van der Waals surface area (Å²) in [6, 6.07) is 10.9. The fourth-order valence-corrected chi connectivity index (χ4v) is 3.91. The molecule has 0 spiro atoms. The fraction of sp³-hybridized carbons (Fsp3) is 0.381. The summed E-state index contributed by atoms with van der Waals surface area (Å²) in [5.41, 5.74) is 1.72. The lowest BCUT2D eigenvalue weighted by Gasteiger charge is -2.16. The molecule has 0 atom stereocenters. The number of likely N-dealkylation sites (tertiary alicyclic amines) is 1. The van der Waals surface area contributed by atoms with Crippen molar-refractivity contribution < 1.29 is 9.53 Å². The first-order valence-electron chi connectivity index (χ1n) is 9.37. The van der Waals surface area contributed by atoms with Gasteiger partial charge in [-0.25, -0.2) is 0 Å². The van der Waals surface area contributed by atoms with Crippen LogP contribution in [0.2, 0.25) is 15.1 Å². The maximum absolute atomic E-state index is 11.6. The summed E-state index contributed by atoms with van der Waals surface area (Å²) >= 11 is 18.6. The average molecular weight is 442 g/mol. The lowest BCUT2D eigenvalue weighted by Crippen LogP contribution is -2.28. The summed E-state index contributed by atoms with van der Waals surface area (Å²) in [5, 5.41) is 5.22. The van der Waals surface area contributed by atoms with Crippen LogP contribution in [0.25, 0.3) is 0 Å². The molecule has 1 aliphatic heterocycles. The highest BCUT2D eigenvalue weighted by Crippen LogP contribution is 2.28. The summed E-state index contributed by atoms with van der Waals surface area (Å²) in [6.07, 6.45) is 2.58. The van der Waals surface area contributed by atoms with Crippen LogP contribution >= 0.6 is 34.8 Å². The maximum Gasteiger partial charge on any atom is 0.222 e. The van der Waals surface area contributed by atoms with Crippen molar-refractivity contribution in [1.82, 2.24) is 10.2 Å². The Hall–Kier alpha value is -1.46. The van der Waals surface area contributed by atoms with Crippen molar-refractivity contribution in [3.8, 4) is 5.75 Å². The fourth-order valence-electron chi connectivity index (χ4n) is 3.21. The Kier molecular flexibility index (Phi) is 7.86.